The van der Waals surface area contributed by atoms with E-state index in [1.165, 1.54) is 51.6 Å². The average molecular weight is 400 g/mol. The second-order valence-corrected chi connectivity index (χ2v) is 11.7. The average Bonchev–Trinajstić information content (AvgIpc) is 3.03. The van der Waals surface area contributed by atoms with Gasteiger partial charge in [0.2, 0.25) is 0 Å². The maximum Gasteiger partial charge on any atom is 0.139 e. The number of Topliss-reactive ketones (excluding diaryl/α,β-unsaturated/α-hetero) is 1. The molecule has 0 aromatic heterocycles. The summed E-state index contributed by atoms with van der Waals surface area (Å²) in [6, 6.07) is 0. The van der Waals surface area contributed by atoms with Crippen LogP contribution in [0.2, 0.25) is 0 Å². The van der Waals surface area contributed by atoms with Gasteiger partial charge >= 0.3 is 0 Å². The van der Waals surface area contributed by atoms with Crippen LogP contribution in [0.1, 0.15) is 84.5 Å². The van der Waals surface area contributed by atoms with E-state index in [4.69, 9.17) is 0 Å². The minimum atomic E-state index is -0.179. The Bertz CT molecular complexity index is 680. The van der Waals surface area contributed by atoms with E-state index in [2.05, 4.69) is 25.2 Å². The van der Waals surface area contributed by atoms with Gasteiger partial charge in [0.1, 0.15) is 5.78 Å². The Kier molecular flexibility index (Phi) is 5.22. The number of piperidine rings is 1. The smallest absolute Gasteiger partial charge is 0.139 e. The lowest BCUT2D eigenvalue weighted by Gasteiger charge is -2.61. The molecule has 4 saturated carbocycles. The monoisotopic (exact) mass is 399 g/mol. The maximum absolute atomic E-state index is 12.6. The third kappa shape index (κ3) is 3.26. The number of aliphatic hydroxyl groups excluding tert-OH is 1. The summed E-state index contributed by atoms with van der Waals surface area (Å²) in [6.45, 7) is 7.10. The molecule has 5 rings (SSSR count). The first-order chi connectivity index (χ1) is 13.9. The van der Waals surface area contributed by atoms with Gasteiger partial charge in [-0.3, -0.25) is 4.79 Å². The van der Waals surface area contributed by atoms with Crippen LogP contribution in [0.15, 0.2) is 11.6 Å². The van der Waals surface area contributed by atoms with Gasteiger partial charge in [-0.25, -0.2) is 0 Å². The van der Waals surface area contributed by atoms with E-state index in [9.17, 15) is 9.90 Å². The zero-order valence-electron chi connectivity index (χ0n) is 18.6. The first-order valence-electron chi connectivity index (χ1n) is 12.5. The summed E-state index contributed by atoms with van der Waals surface area (Å²) in [4.78, 5) is 12.6. The molecule has 5 fully saturated rings. The van der Waals surface area contributed by atoms with Crippen LogP contribution in [0.5, 0.6) is 0 Å². The van der Waals surface area contributed by atoms with Crippen molar-refractivity contribution in [2.75, 3.05) is 13.1 Å². The number of nitrogens with one attached hydrogen (secondary N) is 1. The normalized spacial score (nSPS) is 49.6. The van der Waals surface area contributed by atoms with E-state index < -0.39 is 0 Å². The molecule has 0 amide bonds. The molecule has 29 heavy (non-hydrogen) atoms. The van der Waals surface area contributed by atoms with Crippen molar-refractivity contribution in [2.24, 2.45) is 40.4 Å². The van der Waals surface area contributed by atoms with Gasteiger partial charge in [0, 0.05) is 11.8 Å². The van der Waals surface area contributed by atoms with Crippen LogP contribution in [-0.2, 0) is 4.79 Å². The molecular formula is C26H41NO2. The molecule has 0 aromatic carbocycles. The summed E-state index contributed by atoms with van der Waals surface area (Å²) >= 11 is 0. The van der Waals surface area contributed by atoms with Crippen molar-refractivity contribution in [3.8, 4) is 0 Å². The Balaban J connectivity index is 1.32. The number of hydrogen-bond acceptors (Lipinski definition) is 3. The Morgan fingerprint density at radius 1 is 1.03 bits per heavy atom. The number of fused-ring (bicyclic) bond motifs is 5. The fraction of sp³-hybridized carbons (Fsp3) is 0.885. The van der Waals surface area contributed by atoms with Crippen molar-refractivity contribution < 1.29 is 9.90 Å². The zero-order valence-corrected chi connectivity index (χ0v) is 18.6. The molecule has 4 aliphatic carbocycles. The van der Waals surface area contributed by atoms with Crippen LogP contribution in [0.25, 0.3) is 0 Å². The summed E-state index contributed by atoms with van der Waals surface area (Å²) < 4.78 is 0. The minimum Gasteiger partial charge on any atom is -0.393 e. The number of ketones is 1. The first kappa shape index (κ1) is 20.2. The number of aliphatic hydroxyl groups is 1. The fourth-order valence-electron chi connectivity index (χ4n) is 8.55. The van der Waals surface area contributed by atoms with Crippen LogP contribution >= 0.6 is 0 Å². The highest BCUT2D eigenvalue weighted by molar-refractivity contribution is 5.87. The van der Waals surface area contributed by atoms with Crippen LogP contribution in [-0.4, -0.2) is 30.1 Å². The summed E-state index contributed by atoms with van der Waals surface area (Å²) in [6.07, 6.45) is 14.9. The number of rotatable bonds is 2. The molecule has 2 N–H and O–H groups in total. The molecular weight excluding hydrogens is 358 g/mol. The molecule has 0 spiro atoms. The topological polar surface area (TPSA) is 49.3 Å². The second-order valence-electron chi connectivity index (χ2n) is 11.7. The number of carbonyl (C=O) groups excluding carboxylic acids is 1. The largest absolute Gasteiger partial charge is 0.393 e. The van der Waals surface area contributed by atoms with Gasteiger partial charge in [0.05, 0.1) is 6.10 Å². The van der Waals surface area contributed by atoms with Gasteiger partial charge in [-0.2, -0.15) is 0 Å². The summed E-state index contributed by atoms with van der Waals surface area (Å²) in [5.74, 6) is 3.60. The molecule has 162 valence electrons. The van der Waals surface area contributed by atoms with Crippen LogP contribution in [0.3, 0.4) is 0 Å². The van der Waals surface area contributed by atoms with Crippen molar-refractivity contribution in [1.82, 2.24) is 5.32 Å². The lowest BCUT2D eigenvalue weighted by Crippen LogP contribution is -2.57. The van der Waals surface area contributed by atoms with Gasteiger partial charge in [-0.1, -0.05) is 25.5 Å². The Morgan fingerprint density at radius 3 is 2.62 bits per heavy atom. The van der Waals surface area contributed by atoms with Gasteiger partial charge < -0.3 is 10.4 Å². The van der Waals surface area contributed by atoms with Gasteiger partial charge in [-0.05, 0) is 112 Å². The number of allylic oxidation sites excluding steroid dienone is 2. The predicted molar refractivity (Wildman–Crippen MR) is 116 cm³/mol. The Labute approximate surface area is 177 Å². The van der Waals surface area contributed by atoms with E-state index in [0.717, 1.165) is 38.0 Å². The van der Waals surface area contributed by atoms with E-state index in [1.54, 1.807) is 5.57 Å². The molecule has 1 unspecified atom stereocenters. The molecule has 0 aromatic rings. The lowest BCUT2D eigenvalue weighted by molar-refractivity contribution is -0.155. The standard InChI is InChI=1S/C26H41NO2/c1-25-11-7-18(4-3-17-9-13-27-14-10-17)15-22(25)23(28)16-19-20-5-6-24(29)26(20,2)12-8-21(19)25/h4,17,19-23,27-28H,3,5-16H2,1-2H3/b18-4+/t19-,20-,21-,22?,23-,25+,26-/m0/s1. The van der Waals surface area contributed by atoms with Crippen molar-refractivity contribution >= 4 is 5.78 Å². The van der Waals surface area contributed by atoms with Crippen LogP contribution in [0, 0.1) is 40.4 Å². The predicted octanol–water partition coefficient (Wildman–Crippen LogP) is 4.89. The van der Waals surface area contributed by atoms with Crippen LogP contribution in [0.4, 0.5) is 0 Å². The van der Waals surface area contributed by atoms with Crippen molar-refractivity contribution in [3.05, 3.63) is 11.6 Å². The van der Waals surface area contributed by atoms with E-state index in [1.807, 2.05) is 0 Å². The van der Waals surface area contributed by atoms with Crippen molar-refractivity contribution in [1.29, 1.82) is 0 Å². The van der Waals surface area contributed by atoms with E-state index in [-0.39, 0.29) is 16.9 Å². The van der Waals surface area contributed by atoms with E-state index in [0.29, 0.717) is 29.5 Å². The van der Waals surface area contributed by atoms with Gasteiger partial charge in [0.15, 0.2) is 0 Å². The first-order valence-corrected chi connectivity index (χ1v) is 12.5. The fourth-order valence-corrected chi connectivity index (χ4v) is 8.55. The number of carbonyl (C=O) groups is 1. The summed E-state index contributed by atoms with van der Waals surface area (Å²) in [5, 5.41) is 14.8. The molecule has 1 saturated heterocycles. The SMILES string of the molecule is C[C@]12CC/C(=C\CC3CCNCC3)CC1[C@@H](O)C[C@@H]1[C@@H]2CC[C@]2(C)C(=O)CC[C@@H]12. The molecule has 3 heteroatoms. The maximum atomic E-state index is 12.6. The lowest BCUT2D eigenvalue weighted by atomic mass is 9.44. The highest BCUT2D eigenvalue weighted by Crippen LogP contribution is 2.65. The second kappa shape index (κ2) is 7.48. The number of hydrogen-bond donors (Lipinski definition) is 2. The highest BCUT2D eigenvalue weighted by Gasteiger charge is 2.61. The molecule has 1 heterocycles. The molecule has 1 aliphatic heterocycles. The third-order valence-electron chi connectivity index (χ3n) is 10.5. The zero-order chi connectivity index (χ0) is 20.2. The quantitative estimate of drug-likeness (QED) is 0.650. The molecule has 7 atom stereocenters. The van der Waals surface area contributed by atoms with Crippen LogP contribution < -0.4 is 5.32 Å². The van der Waals surface area contributed by atoms with E-state index >= 15 is 0 Å². The van der Waals surface area contributed by atoms with Crippen molar-refractivity contribution in [3.63, 3.8) is 0 Å². The van der Waals surface area contributed by atoms with Crippen molar-refractivity contribution in [2.45, 2.75) is 90.6 Å². The molecule has 0 radical (unpaired) electrons. The molecule has 5 aliphatic rings. The third-order valence-corrected chi connectivity index (χ3v) is 10.5. The van der Waals surface area contributed by atoms with Gasteiger partial charge in [-0.15, -0.1) is 0 Å². The Morgan fingerprint density at radius 2 is 1.83 bits per heavy atom. The summed E-state index contributed by atoms with van der Waals surface area (Å²) in [7, 11) is 0. The molecule has 3 nitrogen and oxygen atoms in total. The summed E-state index contributed by atoms with van der Waals surface area (Å²) in [5.41, 5.74) is 1.81. The molecule has 0 bridgehead atoms. The van der Waals surface area contributed by atoms with Gasteiger partial charge in [0.25, 0.3) is 0 Å². The minimum absolute atomic E-state index is 0.0847. The highest BCUT2D eigenvalue weighted by atomic mass is 16.3. The Hall–Kier alpha value is -0.670.